The number of carbonyl (C=O) groups is 2. The van der Waals surface area contributed by atoms with Crippen LogP contribution < -0.4 is 15.5 Å². The van der Waals surface area contributed by atoms with E-state index in [0.29, 0.717) is 6.42 Å². The molecule has 1 aliphatic heterocycles. The predicted molar refractivity (Wildman–Crippen MR) is 109 cm³/mol. The second-order valence-electron chi connectivity index (χ2n) is 5.69. The van der Waals surface area contributed by atoms with Gasteiger partial charge in [0.2, 0.25) is 5.91 Å². The third kappa shape index (κ3) is 4.07. The van der Waals surface area contributed by atoms with Crippen LogP contribution in [0.3, 0.4) is 0 Å². The summed E-state index contributed by atoms with van der Waals surface area (Å²) >= 11 is 10.5. The molecule has 1 heterocycles. The van der Waals surface area contributed by atoms with E-state index in [1.54, 1.807) is 4.90 Å². The summed E-state index contributed by atoms with van der Waals surface area (Å²) in [5, 5.41) is 5.69. The average molecular weight is 532 g/mol. The lowest BCUT2D eigenvalue weighted by atomic mass is 10.1. The fraction of sp³-hybridized carbons (Fsp3) is 0.176. The van der Waals surface area contributed by atoms with Crippen molar-refractivity contribution in [2.45, 2.75) is 19.4 Å². The van der Waals surface area contributed by atoms with Gasteiger partial charge in [0.05, 0.1) is 5.69 Å². The number of carbonyl (C=O) groups excluding carboxylic acids is 2. The van der Waals surface area contributed by atoms with E-state index in [1.165, 1.54) is 0 Å². The van der Waals surface area contributed by atoms with Crippen molar-refractivity contribution in [1.29, 1.82) is 0 Å². The number of hydrogen-bond acceptors (Lipinski definition) is 3. The molecular weight excluding hydrogens is 518 g/mol. The SMILES string of the molecule is C[C@H]1CC(=O)NC(=O)N1c1ccc(Nc2c(Br)cc(Br)cc2Br)cc1. The van der Waals surface area contributed by atoms with E-state index in [0.717, 1.165) is 30.5 Å². The number of imide groups is 1. The summed E-state index contributed by atoms with van der Waals surface area (Å²) in [5.74, 6) is -0.239. The highest BCUT2D eigenvalue weighted by molar-refractivity contribution is 9.11. The van der Waals surface area contributed by atoms with Crippen LogP contribution in [0.25, 0.3) is 0 Å². The van der Waals surface area contributed by atoms with Crippen LogP contribution >= 0.6 is 47.8 Å². The lowest BCUT2D eigenvalue weighted by Gasteiger charge is -2.32. The first kappa shape index (κ1) is 18.4. The first-order chi connectivity index (χ1) is 11.8. The maximum absolute atomic E-state index is 12.1. The number of amides is 3. The standard InChI is InChI=1S/C17H14Br3N3O2/c1-9-6-15(24)22-17(25)23(9)12-4-2-11(3-5-12)21-16-13(19)7-10(18)8-14(16)20/h2-5,7-9,21H,6H2,1H3,(H,22,24,25)/t9-/m0/s1. The topological polar surface area (TPSA) is 61.4 Å². The molecule has 1 fully saturated rings. The maximum Gasteiger partial charge on any atom is 0.328 e. The molecule has 2 N–H and O–H groups in total. The fourth-order valence-corrected chi connectivity index (χ4v) is 5.13. The highest BCUT2D eigenvalue weighted by Crippen LogP contribution is 2.36. The molecule has 0 aliphatic carbocycles. The van der Waals surface area contributed by atoms with Gasteiger partial charge < -0.3 is 5.32 Å². The van der Waals surface area contributed by atoms with E-state index in [2.05, 4.69) is 58.4 Å². The third-order valence-corrected chi connectivity index (χ3v) is 5.52. The Labute approximate surface area is 170 Å². The van der Waals surface area contributed by atoms with Crippen molar-refractivity contribution in [1.82, 2.24) is 5.32 Å². The summed E-state index contributed by atoms with van der Waals surface area (Å²) < 4.78 is 2.80. The number of anilines is 3. The lowest BCUT2D eigenvalue weighted by Crippen LogP contribution is -2.54. The van der Waals surface area contributed by atoms with Crippen molar-refractivity contribution >= 4 is 76.8 Å². The van der Waals surface area contributed by atoms with Crippen molar-refractivity contribution < 1.29 is 9.59 Å². The van der Waals surface area contributed by atoms with Crippen LogP contribution in [0.4, 0.5) is 21.9 Å². The quantitative estimate of drug-likeness (QED) is 0.546. The van der Waals surface area contributed by atoms with Gasteiger partial charge in [-0.25, -0.2) is 4.79 Å². The highest BCUT2D eigenvalue weighted by atomic mass is 79.9. The molecule has 3 amide bonds. The number of halogens is 3. The van der Waals surface area contributed by atoms with Gasteiger partial charge in [-0.15, -0.1) is 0 Å². The van der Waals surface area contributed by atoms with Crippen LogP contribution in [0.15, 0.2) is 49.8 Å². The molecule has 5 nitrogen and oxygen atoms in total. The first-order valence-electron chi connectivity index (χ1n) is 7.50. The van der Waals surface area contributed by atoms with Crippen molar-refractivity contribution in [3.8, 4) is 0 Å². The minimum absolute atomic E-state index is 0.171. The van der Waals surface area contributed by atoms with Gasteiger partial charge in [-0.1, -0.05) is 15.9 Å². The van der Waals surface area contributed by atoms with Crippen LogP contribution in [-0.2, 0) is 4.79 Å². The van der Waals surface area contributed by atoms with Gasteiger partial charge >= 0.3 is 6.03 Å². The maximum atomic E-state index is 12.1. The Kier molecular flexibility index (Phi) is 5.50. The van der Waals surface area contributed by atoms with Gasteiger partial charge in [0.1, 0.15) is 0 Å². The van der Waals surface area contributed by atoms with E-state index >= 15 is 0 Å². The molecule has 0 radical (unpaired) electrons. The molecule has 1 aliphatic rings. The largest absolute Gasteiger partial charge is 0.354 e. The zero-order valence-electron chi connectivity index (χ0n) is 13.1. The number of nitrogens with zero attached hydrogens (tertiary/aromatic N) is 1. The molecule has 0 spiro atoms. The molecule has 0 bridgehead atoms. The number of rotatable bonds is 3. The molecule has 2 aromatic rings. The number of benzene rings is 2. The zero-order chi connectivity index (χ0) is 18.1. The molecule has 0 unspecified atom stereocenters. The molecule has 1 atom stereocenters. The molecule has 8 heteroatoms. The Morgan fingerprint density at radius 1 is 1.08 bits per heavy atom. The lowest BCUT2D eigenvalue weighted by molar-refractivity contribution is -0.120. The van der Waals surface area contributed by atoms with Crippen LogP contribution in [0.1, 0.15) is 13.3 Å². The zero-order valence-corrected chi connectivity index (χ0v) is 17.9. The van der Waals surface area contributed by atoms with Gasteiger partial charge in [0.15, 0.2) is 0 Å². The summed E-state index contributed by atoms with van der Waals surface area (Å²) in [5.41, 5.74) is 2.54. The van der Waals surface area contributed by atoms with E-state index < -0.39 is 0 Å². The normalized spacial score (nSPS) is 17.4. The average Bonchev–Trinajstić information content (AvgIpc) is 2.51. The van der Waals surface area contributed by atoms with Crippen LogP contribution in [0.2, 0.25) is 0 Å². The van der Waals surface area contributed by atoms with Crippen molar-refractivity contribution in [2.75, 3.05) is 10.2 Å². The molecule has 0 saturated carbocycles. The molecular formula is C17H14Br3N3O2. The minimum atomic E-state index is -0.386. The summed E-state index contributed by atoms with van der Waals surface area (Å²) in [6, 6.07) is 10.9. The summed E-state index contributed by atoms with van der Waals surface area (Å²) in [6.07, 6.45) is 0.296. The summed E-state index contributed by atoms with van der Waals surface area (Å²) in [6.45, 7) is 1.86. The predicted octanol–water partition coefficient (Wildman–Crippen LogP) is 5.55. The minimum Gasteiger partial charge on any atom is -0.354 e. The highest BCUT2D eigenvalue weighted by Gasteiger charge is 2.30. The number of hydrogen-bond donors (Lipinski definition) is 2. The Morgan fingerprint density at radius 3 is 2.24 bits per heavy atom. The van der Waals surface area contributed by atoms with Gasteiger partial charge in [-0.2, -0.15) is 0 Å². The van der Waals surface area contributed by atoms with E-state index in [1.807, 2.05) is 43.3 Å². The van der Waals surface area contributed by atoms with Crippen LogP contribution in [0, 0.1) is 0 Å². The molecule has 25 heavy (non-hydrogen) atoms. The van der Waals surface area contributed by atoms with E-state index in [4.69, 9.17) is 0 Å². The van der Waals surface area contributed by atoms with Gasteiger partial charge in [0, 0.05) is 37.3 Å². The third-order valence-electron chi connectivity index (χ3n) is 3.81. The molecule has 0 aromatic heterocycles. The number of nitrogens with one attached hydrogen (secondary N) is 2. The second kappa shape index (κ2) is 7.47. The van der Waals surface area contributed by atoms with Crippen molar-refractivity contribution in [3.63, 3.8) is 0 Å². The summed E-state index contributed by atoms with van der Waals surface area (Å²) in [4.78, 5) is 25.1. The van der Waals surface area contributed by atoms with Gasteiger partial charge in [0.25, 0.3) is 0 Å². The van der Waals surface area contributed by atoms with E-state index in [-0.39, 0.29) is 18.0 Å². The Bertz CT molecular complexity index is 817. The second-order valence-corrected chi connectivity index (χ2v) is 8.32. The molecule has 2 aromatic carbocycles. The summed E-state index contributed by atoms with van der Waals surface area (Å²) in [7, 11) is 0. The monoisotopic (exact) mass is 529 g/mol. The van der Waals surface area contributed by atoms with E-state index in [9.17, 15) is 9.59 Å². The molecule has 3 rings (SSSR count). The molecule has 130 valence electrons. The Balaban J connectivity index is 1.81. The van der Waals surface area contributed by atoms with Crippen molar-refractivity contribution in [3.05, 3.63) is 49.8 Å². The number of urea groups is 1. The van der Waals surface area contributed by atoms with Crippen molar-refractivity contribution in [2.24, 2.45) is 0 Å². The van der Waals surface area contributed by atoms with Crippen LogP contribution in [-0.4, -0.2) is 18.0 Å². The smallest absolute Gasteiger partial charge is 0.328 e. The fourth-order valence-electron chi connectivity index (χ4n) is 2.67. The molecule has 1 saturated heterocycles. The Morgan fingerprint density at radius 2 is 1.68 bits per heavy atom. The Hall–Kier alpha value is -1.38. The van der Waals surface area contributed by atoms with Gasteiger partial charge in [-0.05, 0) is 75.2 Å². The first-order valence-corrected chi connectivity index (χ1v) is 9.87. The van der Waals surface area contributed by atoms with Gasteiger partial charge in [-0.3, -0.25) is 15.0 Å². The van der Waals surface area contributed by atoms with Crippen LogP contribution in [0.5, 0.6) is 0 Å².